The van der Waals surface area contributed by atoms with E-state index in [2.05, 4.69) is 13.8 Å². The second-order valence-electron chi connectivity index (χ2n) is 3.66. The van der Waals surface area contributed by atoms with Gasteiger partial charge in [0.2, 0.25) is 0 Å². The Balaban J connectivity index is 2.77. The van der Waals surface area contributed by atoms with E-state index in [4.69, 9.17) is 22.1 Å². The van der Waals surface area contributed by atoms with Gasteiger partial charge >= 0.3 is 0 Å². The molecule has 0 bridgehead atoms. The molecule has 3 heteroatoms. The summed E-state index contributed by atoms with van der Waals surface area (Å²) in [6.45, 7) is 5.37. The van der Waals surface area contributed by atoms with Gasteiger partial charge in [-0.25, -0.2) is 0 Å². The summed E-state index contributed by atoms with van der Waals surface area (Å²) in [5.74, 6) is 1.30. The number of hydrogen-bond acceptors (Lipinski definition) is 2. The van der Waals surface area contributed by atoms with Gasteiger partial charge in [0.25, 0.3) is 0 Å². The van der Waals surface area contributed by atoms with Crippen molar-refractivity contribution in [1.82, 2.24) is 0 Å². The van der Waals surface area contributed by atoms with Crippen LogP contribution in [0.4, 0.5) is 0 Å². The molecule has 0 unspecified atom stereocenters. The second-order valence-corrected chi connectivity index (χ2v) is 4.10. The van der Waals surface area contributed by atoms with Gasteiger partial charge in [0.1, 0.15) is 5.75 Å². The Morgan fingerprint density at radius 3 is 2.71 bits per heavy atom. The largest absolute Gasteiger partial charge is 0.493 e. The molecule has 0 radical (unpaired) electrons. The first-order valence-electron chi connectivity index (χ1n) is 4.74. The quantitative estimate of drug-likeness (QED) is 0.835. The number of benzene rings is 1. The summed E-state index contributed by atoms with van der Waals surface area (Å²) in [6.07, 6.45) is 0. The highest BCUT2D eigenvalue weighted by Gasteiger charge is 2.04. The fourth-order valence-corrected chi connectivity index (χ4v) is 1.25. The minimum absolute atomic E-state index is 0.477. The first-order chi connectivity index (χ1) is 6.63. The molecule has 0 atom stereocenters. The molecule has 14 heavy (non-hydrogen) atoms. The Kier molecular flexibility index (Phi) is 4.23. The van der Waals surface area contributed by atoms with E-state index < -0.39 is 0 Å². The Bertz CT molecular complexity index is 299. The third-order valence-electron chi connectivity index (χ3n) is 1.82. The van der Waals surface area contributed by atoms with Crippen LogP contribution in [0, 0.1) is 5.92 Å². The SMILES string of the molecule is CC(C)COc1cc(Cl)ccc1CN. The Labute approximate surface area is 90.0 Å². The summed E-state index contributed by atoms with van der Waals surface area (Å²) in [5, 5.41) is 0.681. The van der Waals surface area contributed by atoms with E-state index in [0.29, 0.717) is 24.1 Å². The van der Waals surface area contributed by atoms with Crippen molar-refractivity contribution in [2.45, 2.75) is 20.4 Å². The average Bonchev–Trinajstić information content (AvgIpc) is 2.15. The van der Waals surface area contributed by atoms with Gasteiger partial charge in [-0.15, -0.1) is 0 Å². The number of rotatable bonds is 4. The van der Waals surface area contributed by atoms with E-state index in [-0.39, 0.29) is 0 Å². The van der Waals surface area contributed by atoms with Crippen molar-refractivity contribution in [1.29, 1.82) is 0 Å². The summed E-state index contributed by atoms with van der Waals surface area (Å²) < 4.78 is 5.61. The topological polar surface area (TPSA) is 35.2 Å². The highest BCUT2D eigenvalue weighted by atomic mass is 35.5. The van der Waals surface area contributed by atoms with Crippen molar-refractivity contribution in [2.75, 3.05) is 6.61 Å². The first-order valence-corrected chi connectivity index (χ1v) is 5.12. The molecule has 0 amide bonds. The van der Waals surface area contributed by atoms with Crippen molar-refractivity contribution in [3.05, 3.63) is 28.8 Å². The van der Waals surface area contributed by atoms with Crippen LogP contribution in [0.3, 0.4) is 0 Å². The van der Waals surface area contributed by atoms with Crippen LogP contribution in [0.15, 0.2) is 18.2 Å². The molecule has 0 saturated heterocycles. The molecule has 2 N–H and O–H groups in total. The monoisotopic (exact) mass is 213 g/mol. The van der Waals surface area contributed by atoms with Crippen molar-refractivity contribution in [3.8, 4) is 5.75 Å². The molecule has 0 spiro atoms. The molecular weight excluding hydrogens is 198 g/mol. The van der Waals surface area contributed by atoms with E-state index in [1.165, 1.54) is 0 Å². The highest BCUT2D eigenvalue weighted by molar-refractivity contribution is 6.30. The lowest BCUT2D eigenvalue weighted by Crippen LogP contribution is -2.07. The molecule has 1 rings (SSSR count). The van der Waals surface area contributed by atoms with E-state index in [9.17, 15) is 0 Å². The molecule has 0 aliphatic rings. The van der Waals surface area contributed by atoms with Crippen LogP contribution >= 0.6 is 11.6 Å². The van der Waals surface area contributed by atoms with Gasteiger partial charge in [-0.2, -0.15) is 0 Å². The van der Waals surface area contributed by atoms with Crippen LogP contribution < -0.4 is 10.5 Å². The third kappa shape index (κ3) is 3.20. The smallest absolute Gasteiger partial charge is 0.125 e. The van der Waals surface area contributed by atoms with Crippen molar-refractivity contribution < 1.29 is 4.74 Å². The van der Waals surface area contributed by atoms with E-state index in [1.807, 2.05) is 18.2 Å². The zero-order valence-electron chi connectivity index (χ0n) is 8.59. The van der Waals surface area contributed by atoms with Crippen molar-refractivity contribution in [2.24, 2.45) is 11.7 Å². The van der Waals surface area contributed by atoms with Gasteiger partial charge in [0.05, 0.1) is 6.61 Å². The van der Waals surface area contributed by atoms with Gasteiger partial charge in [0.15, 0.2) is 0 Å². The molecule has 0 aliphatic carbocycles. The average molecular weight is 214 g/mol. The first kappa shape index (κ1) is 11.3. The van der Waals surface area contributed by atoms with Crippen LogP contribution in [0.25, 0.3) is 0 Å². The second kappa shape index (κ2) is 5.23. The van der Waals surface area contributed by atoms with Gasteiger partial charge < -0.3 is 10.5 Å². The number of hydrogen-bond donors (Lipinski definition) is 1. The van der Waals surface area contributed by atoms with Crippen LogP contribution in [-0.4, -0.2) is 6.61 Å². The predicted molar refractivity (Wildman–Crippen MR) is 59.7 cm³/mol. The number of ether oxygens (including phenoxy) is 1. The number of halogens is 1. The van der Waals surface area contributed by atoms with Gasteiger partial charge in [0, 0.05) is 17.1 Å². The molecule has 0 aromatic heterocycles. The van der Waals surface area contributed by atoms with Crippen molar-refractivity contribution in [3.63, 3.8) is 0 Å². The fourth-order valence-electron chi connectivity index (χ4n) is 1.09. The molecule has 1 aromatic carbocycles. The summed E-state index contributed by atoms with van der Waals surface area (Å²) >= 11 is 5.87. The van der Waals surface area contributed by atoms with E-state index >= 15 is 0 Å². The Morgan fingerprint density at radius 2 is 2.14 bits per heavy atom. The molecule has 0 heterocycles. The zero-order chi connectivity index (χ0) is 10.6. The molecule has 1 aromatic rings. The third-order valence-corrected chi connectivity index (χ3v) is 2.06. The van der Waals surface area contributed by atoms with E-state index in [0.717, 1.165) is 11.3 Å². The minimum atomic E-state index is 0.477. The Morgan fingerprint density at radius 1 is 1.43 bits per heavy atom. The summed E-state index contributed by atoms with van der Waals surface area (Å²) in [5.41, 5.74) is 6.58. The maximum Gasteiger partial charge on any atom is 0.125 e. The van der Waals surface area contributed by atoms with E-state index in [1.54, 1.807) is 0 Å². The fraction of sp³-hybridized carbons (Fsp3) is 0.455. The van der Waals surface area contributed by atoms with Gasteiger partial charge in [-0.1, -0.05) is 31.5 Å². The maximum absolute atomic E-state index is 5.87. The lowest BCUT2D eigenvalue weighted by Gasteiger charge is -2.12. The van der Waals surface area contributed by atoms with Gasteiger partial charge in [-0.3, -0.25) is 0 Å². The normalized spacial score (nSPS) is 10.6. The summed E-state index contributed by atoms with van der Waals surface area (Å²) in [4.78, 5) is 0. The lowest BCUT2D eigenvalue weighted by atomic mass is 10.2. The molecule has 78 valence electrons. The van der Waals surface area contributed by atoms with Crippen LogP contribution in [0.5, 0.6) is 5.75 Å². The zero-order valence-corrected chi connectivity index (χ0v) is 9.34. The standard InChI is InChI=1S/C11H16ClNO/c1-8(2)7-14-11-5-10(12)4-3-9(11)6-13/h3-5,8H,6-7,13H2,1-2H3. The Hall–Kier alpha value is -0.730. The molecule has 0 fully saturated rings. The van der Waals surface area contributed by atoms with Crippen LogP contribution in [-0.2, 0) is 6.54 Å². The molecule has 0 aliphatic heterocycles. The van der Waals surface area contributed by atoms with Crippen molar-refractivity contribution >= 4 is 11.6 Å². The predicted octanol–water partition coefficient (Wildman–Crippen LogP) is 2.83. The molecular formula is C11H16ClNO. The molecule has 2 nitrogen and oxygen atoms in total. The maximum atomic E-state index is 5.87. The molecule has 0 saturated carbocycles. The highest BCUT2D eigenvalue weighted by Crippen LogP contribution is 2.23. The van der Waals surface area contributed by atoms with Crippen LogP contribution in [0.1, 0.15) is 19.4 Å². The summed E-state index contributed by atoms with van der Waals surface area (Å²) in [6, 6.07) is 5.54. The lowest BCUT2D eigenvalue weighted by molar-refractivity contribution is 0.268. The summed E-state index contributed by atoms with van der Waals surface area (Å²) in [7, 11) is 0. The minimum Gasteiger partial charge on any atom is -0.493 e. The van der Waals surface area contributed by atoms with Crippen LogP contribution in [0.2, 0.25) is 5.02 Å². The van der Waals surface area contributed by atoms with Gasteiger partial charge in [-0.05, 0) is 18.1 Å². The number of nitrogens with two attached hydrogens (primary N) is 1.